The number of rotatable bonds is 4. The smallest absolute Gasteiger partial charge is 0.292 e. The van der Waals surface area contributed by atoms with Crippen LogP contribution < -0.4 is 14.8 Å². The molecule has 2 aromatic rings. The van der Waals surface area contributed by atoms with E-state index in [0.717, 1.165) is 5.56 Å². The zero-order valence-electron chi connectivity index (χ0n) is 13.9. The molecule has 136 valence electrons. The number of fused-ring (bicyclic) bond motifs is 1. The van der Waals surface area contributed by atoms with Crippen molar-refractivity contribution in [3.05, 3.63) is 57.6 Å². The molecule has 1 amide bonds. The van der Waals surface area contributed by atoms with E-state index >= 15 is 0 Å². The van der Waals surface area contributed by atoms with Crippen molar-refractivity contribution >= 4 is 35.1 Å². The summed E-state index contributed by atoms with van der Waals surface area (Å²) in [5.74, 6) is 0.993. The van der Waals surface area contributed by atoms with Crippen LogP contribution in [0.5, 0.6) is 11.5 Å². The molecule has 0 atom stereocenters. The highest BCUT2D eigenvalue weighted by Gasteiger charge is 2.14. The Balaban J connectivity index is 1.70. The molecule has 1 N–H and O–H groups in total. The van der Waals surface area contributed by atoms with Crippen LogP contribution in [0.1, 0.15) is 22.8 Å². The highest BCUT2D eigenvalue weighted by atomic mass is 35.5. The number of benzene rings is 2. The largest absolute Gasteiger partial charge is 0.465 e. The Morgan fingerprint density at radius 3 is 2.73 bits per heavy atom. The Morgan fingerprint density at radius 2 is 1.96 bits per heavy atom. The molecule has 0 bridgehead atoms. The van der Waals surface area contributed by atoms with Crippen molar-refractivity contribution in [2.45, 2.75) is 13.5 Å². The van der Waals surface area contributed by atoms with Gasteiger partial charge in [-0.2, -0.15) is 0 Å². The summed E-state index contributed by atoms with van der Waals surface area (Å²) in [5.41, 5.74) is 1.25. The number of nitrogens with zero attached hydrogens (tertiary/aromatic N) is 1. The average Bonchev–Trinajstić information content (AvgIpc) is 3.10. The molecule has 1 heterocycles. The normalized spacial score (nSPS) is 12.8. The van der Waals surface area contributed by atoms with Crippen LogP contribution in [0.4, 0.5) is 0 Å². The minimum Gasteiger partial charge on any atom is -0.465 e. The molecule has 0 spiro atoms. The topological polar surface area (TPSA) is 69.2 Å². The van der Waals surface area contributed by atoms with Gasteiger partial charge in [-0.25, -0.2) is 4.99 Å². The second-order valence-electron chi connectivity index (χ2n) is 5.33. The third kappa shape index (κ3) is 4.39. The van der Waals surface area contributed by atoms with Gasteiger partial charge in [0.2, 0.25) is 6.79 Å². The first-order chi connectivity index (χ1) is 12.6. The molecule has 0 radical (unpaired) electrons. The molecule has 0 saturated heterocycles. The summed E-state index contributed by atoms with van der Waals surface area (Å²) < 4.78 is 16.0. The molecular formula is C18H16Cl2N2O4. The Kier molecular flexibility index (Phi) is 5.85. The Morgan fingerprint density at radius 1 is 1.15 bits per heavy atom. The number of aliphatic imine (C=N–C) groups is 1. The van der Waals surface area contributed by atoms with Crippen molar-refractivity contribution < 1.29 is 19.0 Å². The van der Waals surface area contributed by atoms with Crippen molar-refractivity contribution in [3.8, 4) is 11.5 Å². The van der Waals surface area contributed by atoms with Gasteiger partial charge >= 0.3 is 0 Å². The zero-order chi connectivity index (χ0) is 18.5. The average molecular weight is 395 g/mol. The van der Waals surface area contributed by atoms with Crippen LogP contribution in [-0.4, -0.2) is 25.3 Å². The fourth-order valence-corrected chi connectivity index (χ4v) is 2.57. The standard InChI is InChI=1S/C18H16Cl2N2O4/c1-2-24-18(22-17(23)12-4-5-13(19)14(20)8-12)21-9-11-3-6-15-16(7-11)26-10-25-15/h3-8H,2,9-10H2,1H3,(H,21,22,23). The predicted molar refractivity (Wildman–Crippen MR) is 99.3 cm³/mol. The lowest BCUT2D eigenvalue weighted by molar-refractivity contribution is 0.0966. The van der Waals surface area contributed by atoms with Crippen LogP contribution in [0, 0.1) is 0 Å². The summed E-state index contributed by atoms with van der Waals surface area (Å²) in [6.45, 7) is 2.70. The molecule has 2 aromatic carbocycles. The summed E-state index contributed by atoms with van der Waals surface area (Å²) in [4.78, 5) is 16.7. The van der Waals surface area contributed by atoms with Crippen molar-refractivity contribution in [2.75, 3.05) is 13.4 Å². The third-order valence-corrected chi connectivity index (χ3v) is 4.26. The minimum absolute atomic E-state index is 0.126. The predicted octanol–water partition coefficient (Wildman–Crippen LogP) is 4.04. The van der Waals surface area contributed by atoms with E-state index in [9.17, 15) is 4.79 Å². The monoisotopic (exact) mass is 394 g/mol. The molecule has 26 heavy (non-hydrogen) atoms. The number of hydrogen-bond donors (Lipinski definition) is 1. The van der Waals surface area contributed by atoms with Crippen molar-refractivity contribution in [3.63, 3.8) is 0 Å². The van der Waals surface area contributed by atoms with Crippen LogP contribution in [0.2, 0.25) is 10.0 Å². The maximum atomic E-state index is 12.3. The molecule has 0 saturated carbocycles. The zero-order valence-corrected chi connectivity index (χ0v) is 15.4. The van der Waals surface area contributed by atoms with E-state index in [1.165, 1.54) is 6.07 Å². The molecule has 0 aliphatic carbocycles. The van der Waals surface area contributed by atoms with Gasteiger partial charge in [0.25, 0.3) is 11.9 Å². The van der Waals surface area contributed by atoms with E-state index in [1.807, 2.05) is 18.2 Å². The molecule has 3 rings (SSSR count). The maximum Gasteiger partial charge on any atom is 0.292 e. The number of halogens is 2. The van der Waals surface area contributed by atoms with Gasteiger partial charge in [-0.1, -0.05) is 29.3 Å². The second-order valence-corrected chi connectivity index (χ2v) is 6.14. The van der Waals surface area contributed by atoms with Crippen LogP contribution in [0.25, 0.3) is 0 Å². The van der Waals surface area contributed by atoms with Gasteiger partial charge in [-0.3, -0.25) is 10.1 Å². The van der Waals surface area contributed by atoms with Gasteiger partial charge in [0.05, 0.1) is 23.2 Å². The summed E-state index contributed by atoms with van der Waals surface area (Å²) in [5, 5.41) is 3.31. The van der Waals surface area contributed by atoms with Gasteiger partial charge in [-0.15, -0.1) is 0 Å². The lowest BCUT2D eigenvalue weighted by Crippen LogP contribution is -2.32. The van der Waals surface area contributed by atoms with Crippen molar-refractivity contribution in [1.29, 1.82) is 0 Å². The number of carbonyl (C=O) groups is 1. The van der Waals surface area contributed by atoms with E-state index < -0.39 is 0 Å². The summed E-state index contributed by atoms with van der Waals surface area (Å²) in [6.07, 6.45) is 0. The Hall–Kier alpha value is -2.44. The molecule has 1 aliphatic heterocycles. The SMILES string of the molecule is CCOC(=NCc1ccc2c(c1)OCO2)NC(=O)c1ccc(Cl)c(Cl)c1. The number of amides is 1. The van der Waals surface area contributed by atoms with Gasteiger partial charge in [-0.05, 0) is 42.8 Å². The number of nitrogens with one attached hydrogen (secondary N) is 1. The molecule has 6 nitrogen and oxygen atoms in total. The first-order valence-electron chi connectivity index (χ1n) is 7.89. The summed E-state index contributed by atoms with van der Waals surface area (Å²) in [6, 6.07) is 10.3. The molecule has 0 aromatic heterocycles. The van der Waals surface area contributed by atoms with E-state index in [1.54, 1.807) is 19.1 Å². The highest BCUT2D eigenvalue weighted by Crippen LogP contribution is 2.32. The first kappa shape index (κ1) is 18.4. The van der Waals surface area contributed by atoms with E-state index in [0.29, 0.717) is 40.3 Å². The fraction of sp³-hybridized carbons (Fsp3) is 0.222. The van der Waals surface area contributed by atoms with E-state index in [-0.39, 0.29) is 18.7 Å². The molecular weight excluding hydrogens is 379 g/mol. The number of hydrogen-bond acceptors (Lipinski definition) is 5. The lowest BCUT2D eigenvalue weighted by Gasteiger charge is -2.10. The van der Waals surface area contributed by atoms with E-state index in [4.69, 9.17) is 37.4 Å². The summed E-state index contributed by atoms with van der Waals surface area (Å²) >= 11 is 11.8. The maximum absolute atomic E-state index is 12.3. The summed E-state index contributed by atoms with van der Waals surface area (Å²) in [7, 11) is 0. The number of ether oxygens (including phenoxy) is 3. The fourth-order valence-electron chi connectivity index (χ4n) is 2.27. The van der Waals surface area contributed by atoms with Gasteiger partial charge in [0, 0.05) is 5.56 Å². The van der Waals surface area contributed by atoms with Gasteiger partial charge < -0.3 is 14.2 Å². The molecule has 0 unspecified atom stereocenters. The van der Waals surface area contributed by atoms with Crippen molar-refractivity contribution in [1.82, 2.24) is 5.32 Å². The lowest BCUT2D eigenvalue weighted by atomic mass is 10.2. The van der Waals surface area contributed by atoms with Crippen LogP contribution in [0.3, 0.4) is 0 Å². The molecule has 0 fully saturated rings. The van der Waals surface area contributed by atoms with Crippen LogP contribution >= 0.6 is 23.2 Å². The van der Waals surface area contributed by atoms with Gasteiger partial charge in [0.15, 0.2) is 11.5 Å². The molecule has 8 heteroatoms. The second kappa shape index (κ2) is 8.29. The van der Waals surface area contributed by atoms with Gasteiger partial charge in [0.1, 0.15) is 0 Å². The third-order valence-electron chi connectivity index (χ3n) is 3.53. The van der Waals surface area contributed by atoms with Crippen LogP contribution in [-0.2, 0) is 11.3 Å². The number of carbonyl (C=O) groups excluding carboxylic acids is 1. The quantitative estimate of drug-likeness (QED) is 0.627. The van der Waals surface area contributed by atoms with Crippen LogP contribution in [0.15, 0.2) is 41.4 Å². The number of amidine groups is 1. The first-order valence-corrected chi connectivity index (χ1v) is 8.64. The van der Waals surface area contributed by atoms with Crippen molar-refractivity contribution in [2.24, 2.45) is 4.99 Å². The minimum atomic E-state index is -0.388. The molecule has 1 aliphatic rings. The highest BCUT2D eigenvalue weighted by molar-refractivity contribution is 6.42. The Labute approximate surface area is 160 Å². The van der Waals surface area contributed by atoms with E-state index in [2.05, 4.69) is 10.3 Å². The Bertz CT molecular complexity index is 855.